The van der Waals surface area contributed by atoms with Crippen molar-refractivity contribution in [3.05, 3.63) is 95.3 Å². The van der Waals surface area contributed by atoms with Gasteiger partial charge in [-0.3, -0.25) is 0 Å². The Balaban J connectivity index is 1.65. The lowest BCUT2D eigenvalue weighted by Crippen LogP contribution is -2.26. The molecule has 3 aromatic carbocycles. The highest BCUT2D eigenvalue weighted by molar-refractivity contribution is 6.05. The van der Waals surface area contributed by atoms with Gasteiger partial charge in [0.2, 0.25) is 11.9 Å². The van der Waals surface area contributed by atoms with E-state index in [9.17, 15) is 4.39 Å². The van der Waals surface area contributed by atoms with E-state index >= 15 is 0 Å². The Kier molecular flexibility index (Phi) is 9.21. The van der Waals surface area contributed by atoms with Gasteiger partial charge in [-0.05, 0) is 87.6 Å². The van der Waals surface area contributed by atoms with Crippen LogP contribution in [0.2, 0.25) is 0 Å². The predicted octanol–water partition coefficient (Wildman–Crippen LogP) is 6.44. The number of aryl methyl sites for hydroxylation is 3. The van der Waals surface area contributed by atoms with Crippen LogP contribution in [0.3, 0.4) is 0 Å². The topological polar surface area (TPSA) is 74.8 Å². The molecule has 178 valence electrons. The molecule has 0 saturated heterocycles. The zero-order valence-corrected chi connectivity index (χ0v) is 20.2. The lowest BCUT2D eigenvalue weighted by atomic mass is 10.0. The lowest BCUT2D eigenvalue weighted by Gasteiger charge is -2.12. The van der Waals surface area contributed by atoms with Crippen molar-refractivity contribution in [2.24, 2.45) is 15.7 Å². The number of nitrogens with two attached hydrogens (primary N) is 1. The van der Waals surface area contributed by atoms with Crippen LogP contribution in [-0.4, -0.2) is 18.0 Å². The second kappa shape index (κ2) is 12.5. The fraction of sp³-hybridized carbons (Fsp3) is 0.286. The summed E-state index contributed by atoms with van der Waals surface area (Å²) in [5, 5.41) is 6.27. The number of hydrogen-bond donors (Lipinski definition) is 3. The molecule has 1 atom stereocenters. The Labute approximate surface area is 202 Å². The van der Waals surface area contributed by atoms with Crippen molar-refractivity contribution in [1.29, 1.82) is 0 Å². The lowest BCUT2D eigenvalue weighted by molar-refractivity contribution is 0.599. The van der Waals surface area contributed by atoms with Crippen molar-refractivity contribution in [1.82, 2.24) is 0 Å². The maximum atomic E-state index is 13.2. The van der Waals surface area contributed by atoms with Crippen LogP contribution in [0.15, 0.2) is 82.8 Å². The molecule has 0 aromatic heterocycles. The molecular weight excluding hydrogens is 425 g/mol. The quantitative estimate of drug-likeness (QED) is 0.206. The monoisotopic (exact) mass is 459 g/mol. The van der Waals surface area contributed by atoms with E-state index in [0.717, 1.165) is 36.9 Å². The second-order valence-corrected chi connectivity index (χ2v) is 8.66. The van der Waals surface area contributed by atoms with E-state index < -0.39 is 0 Å². The molecule has 0 saturated carbocycles. The highest BCUT2D eigenvalue weighted by Gasteiger charge is 2.07. The number of nitrogens with one attached hydrogen (secondary N) is 2. The van der Waals surface area contributed by atoms with Crippen molar-refractivity contribution in [3.8, 4) is 0 Å². The van der Waals surface area contributed by atoms with Gasteiger partial charge in [-0.25, -0.2) is 9.38 Å². The van der Waals surface area contributed by atoms with E-state index in [4.69, 9.17) is 10.7 Å². The minimum Gasteiger partial charge on any atom is -0.369 e. The molecule has 34 heavy (non-hydrogen) atoms. The van der Waals surface area contributed by atoms with Gasteiger partial charge in [0, 0.05) is 11.4 Å². The maximum Gasteiger partial charge on any atom is 0.226 e. The number of halogens is 1. The van der Waals surface area contributed by atoms with Gasteiger partial charge in [0.05, 0.1) is 6.04 Å². The first-order valence-electron chi connectivity index (χ1n) is 11.7. The van der Waals surface area contributed by atoms with Crippen molar-refractivity contribution >= 4 is 23.3 Å². The smallest absolute Gasteiger partial charge is 0.226 e. The molecule has 0 heterocycles. The first-order chi connectivity index (χ1) is 16.4. The molecule has 5 nitrogen and oxygen atoms in total. The average Bonchev–Trinajstić information content (AvgIpc) is 2.78. The molecule has 3 aromatic rings. The number of benzene rings is 3. The fourth-order valence-corrected chi connectivity index (χ4v) is 3.67. The van der Waals surface area contributed by atoms with Gasteiger partial charge >= 0.3 is 0 Å². The van der Waals surface area contributed by atoms with Crippen LogP contribution in [0.5, 0.6) is 0 Å². The van der Waals surface area contributed by atoms with Crippen LogP contribution in [0.1, 0.15) is 42.9 Å². The number of unbranched alkanes of at least 4 members (excludes halogenated alkanes) is 1. The summed E-state index contributed by atoms with van der Waals surface area (Å²) in [6.07, 6.45) is 4.20. The average molecular weight is 460 g/mol. The Morgan fingerprint density at radius 1 is 0.882 bits per heavy atom. The van der Waals surface area contributed by atoms with Gasteiger partial charge < -0.3 is 16.4 Å². The normalized spacial score (nSPS) is 12.9. The largest absolute Gasteiger partial charge is 0.369 e. The summed E-state index contributed by atoms with van der Waals surface area (Å²) < 4.78 is 13.2. The van der Waals surface area contributed by atoms with E-state index in [1.54, 1.807) is 12.1 Å². The number of rotatable bonds is 8. The van der Waals surface area contributed by atoms with Crippen LogP contribution in [0.25, 0.3) is 0 Å². The molecule has 0 spiro atoms. The van der Waals surface area contributed by atoms with Crippen molar-refractivity contribution < 1.29 is 4.39 Å². The summed E-state index contributed by atoms with van der Waals surface area (Å²) in [5.74, 6) is 0.307. The Morgan fingerprint density at radius 2 is 1.59 bits per heavy atom. The first kappa shape index (κ1) is 25.0. The van der Waals surface area contributed by atoms with Gasteiger partial charge in [-0.2, -0.15) is 4.99 Å². The number of anilines is 2. The molecule has 0 radical (unpaired) electrons. The van der Waals surface area contributed by atoms with E-state index in [2.05, 4.69) is 53.7 Å². The zero-order valence-electron chi connectivity index (χ0n) is 20.2. The van der Waals surface area contributed by atoms with Gasteiger partial charge in [0.25, 0.3) is 0 Å². The summed E-state index contributed by atoms with van der Waals surface area (Å²) in [6, 6.07) is 22.7. The van der Waals surface area contributed by atoms with Crippen LogP contribution < -0.4 is 16.4 Å². The Hall–Kier alpha value is -3.67. The summed E-state index contributed by atoms with van der Waals surface area (Å²) in [5.41, 5.74) is 11.5. The van der Waals surface area contributed by atoms with Gasteiger partial charge in [0.15, 0.2) is 0 Å². The van der Waals surface area contributed by atoms with Crippen LogP contribution in [0, 0.1) is 19.7 Å². The minimum absolute atomic E-state index is 0.0761. The SMILES string of the molecule is Cc1cccc(CCCCC(C)N=C(N=C(N)Nc2ccc(F)cc2)Nc2cccc(C)c2)c1. The van der Waals surface area contributed by atoms with Crippen molar-refractivity contribution in [2.75, 3.05) is 10.6 Å². The first-order valence-corrected chi connectivity index (χ1v) is 11.7. The van der Waals surface area contributed by atoms with E-state index in [1.807, 2.05) is 31.2 Å². The molecule has 0 aliphatic heterocycles. The summed E-state index contributed by atoms with van der Waals surface area (Å²) in [6.45, 7) is 6.25. The molecule has 4 N–H and O–H groups in total. The third-order valence-corrected chi connectivity index (χ3v) is 5.38. The Bertz CT molecular complexity index is 1120. The Morgan fingerprint density at radius 3 is 2.29 bits per heavy atom. The molecule has 6 heteroatoms. The summed E-state index contributed by atoms with van der Waals surface area (Å²) in [4.78, 5) is 9.27. The highest BCUT2D eigenvalue weighted by Crippen LogP contribution is 2.14. The second-order valence-electron chi connectivity index (χ2n) is 8.66. The molecule has 0 aliphatic carbocycles. The molecule has 0 aliphatic rings. The van der Waals surface area contributed by atoms with Crippen molar-refractivity contribution in [3.63, 3.8) is 0 Å². The number of guanidine groups is 2. The van der Waals surface area contributed by atoms with Gasteiger partial charge in [-0.15, -0.1) is 0 Å². The minimum atomic E-state index is -0.305. The van der Waals surface area contributed by atoms with E-state index in [0.29, 0.717) is 11.6 Å². The third-order valence-electron chi connectivity index (χ3n) is 5.38. The van der Waals surface area contributed by atoms with Crippen molar-refractivity contribution in [2.45, 2.75) is 52.5 Å². The van der Waals surface area contributed by atoms with Crippen LogP contribution in [0.4, 0.5) is 15.8 Å². The van der Waals surface area contributed by atoms with Gasteiger partial charge in [0.1, 0.15) is 5.82 Å². The summed E-state index contributed by atoms with van der Waals surface area (Å²) in [7, 11) is 0. The number of hydrogen-bond acceptors (Lipinski definition) is 1. The van der Waals surface area contributed by atoms with Crippen LogP contribution >= 0.6 is 0 Å². The van der Waals surface area contributed by atoms with Crippen LogP contribution in [-0.2, 0) is 6.42 Å². The molecule has 0 amide bonds. The van der Waals surface area contributed by atoms with Gasteiger partial charge in [-0.1, -0.05) is 48.4 Å². The number of nitrogens with zero attached hydrogens (tertiary/aromatic N) is 2. The summed E-state index contributed by atoms with van der Waals surface area (Å²) >= 11 is 0. The zero-order chi connectivity index (χ0) is 24.3. The molecule has 3 rings (SSSR count). The molecule has 0 fully saturated rings. The molecular formula is C28H34FN5. The maximum absolute atomic E-state index is 13.2. The molecule has 0 bridgehead atoms. The molecule has 1 unspecified atom stereocenters. The van der Waals surface area contributed by atoms with E-state index in [1.165, 1.54) is 23.3 Å². The standard InChI is InChI=1S/C28H34FN5/c1-20-8-6-12-23(18-20)11-5-4-10-22(3)31-28(33-26-13-7-9-21(2)19-26)34-27(30)32-25-16-14-24(29)15-17-25/h6-9,12-19,22H,4-5,10-11H2,1-3H3,(H4,30,31,32,33,34). The highest BCUT2D eigenvalue weighted by atomic mass is 19.1. The number of aliphatic imine (C=N–C) groups is 2. The van der Waals surface area contributed by atoms with E-state index in [-0.39, 0.29) is 17.8 Å². The third kappa shape index (κ3) is 8.70. The predicted molar refractivity (Wildman–Crippen MR) is 142 cm³/mol. The fourth-order valence-electron chi connectivity index (χ4n) is 3.67.